The van der Waals surface area contributed by atoms with Gasteiger partial charge in [-0.05, 0) is 12.5 Å². The van der Waals surface area contributed by atoms with Gasteiger partial charge in [0.25, 0.3) is 0 Å². The van der Waals surface area contributed by atoms with Crippen LogP contribution < -0.4 is 9.80 Å². The summed E-state index contributed by atoms with van der Waals surface area (Å²) in [7, 11) is 0. The summed E-state index contributed by atoms with van der Waals surface area (Å²) in [6.07, 6.45) is 2.43. The van der Waals surface area contributed by atoms with Crippen molar-refractivity contribution >= 4 is 17.4 Å². The SMILES string of the molecule is FC(F)(F)c1ccnc(N2CCCN(c3nccn4cnnc34)CC2)n1. The van der Waals surface area contributed by atoms with Crippen LogP contribution in [0.15, 0.2) is 31.0 Å². The number of nitrogens with zero attached hydrogens (tertiary/aromatic N) is 8. The molecule has 136 valence electrons. The van der Waals surface area contributed by atoms with E-state index in [1.807, 2.05) is 0 Å². The van der Waals surface area contributed by atoms with Gasteiger partial charge in [-0.1, -0.05) is 0 Å². The maximum absolute atomic E-state index is 12.9. The fraction of sp³-hybridized carbons (Fsp3) is 0.400. The average Bonchev–Trinajstić information content (AvgIpc) is 2.98. The minimum atomic E-state index is -4.48. The summed E-state index contributed by atoms with van der Waals surface area (Å²) in [5.74, 6) is 0.798. The van der Waals surface area contributed by atoms with Gasteiger partial charge in [0.2, 0.25) is 11.6 Å². The second-order valence-corrected chi connectivity index (χ2v) is 5.88. The van der Waals surface area contributed by atoms with Crippen LogP contribution in [0.2, 0.25) is 0 Å². The molecule has 8 nitrogen and oxygen atoms in total. The van der Waals surface area contributed by atoms with Gasteiger partial charge in [-0.25, -0.2) is 15.0 Å². The zero-order chi connectivity index (χ0) is 18.1. The smallest absolute Gasteiger partial charge is 0.352 e. The van der Waals surface area contributed by atoms with Crippen molar-refractivity contribution in [3.8, 4) is 0 Å². The molecule has 1 saturated heterocycles. The van der Waals surface area contributed by atoms with Crippen molar-refractivity contribution in [1.82, 2.24) is 29.5 Å². The van der Waals surface area contributed by atoms with Crippen LogP contribution in [-0.2, 0) is 6.18 Å². The number of halogens is 3. The molecule has 0 radical (unpaired) electrons. The van der Waals surface area contributed by atoms with Crippen molar-refractivity contribution in [2.45, 2.75) is 12.6 Å². The van der Waals surface area contributed by atoms with Crippen molar-refractivity contribution in [2.24, 2.45) is 0 Å². The molecule has 1 aliphatic rings. The largest absolute Gasteiger partial charge is 0.433 e. The molecule has 1 fully saturated rings. The molecule has 0 aliphatic carbocycles. The first-order valence-electron chi connectivity index (χ1n) is 8.07. The summed E-state index contributed by atoms with van der Waals surface area (Å²) >= 11 is 0. The van der Waals surface area contributed by atoms with Crippen LogP contribution in [0.4, 0.5) is 24.9 Å². The first-order chi connectivity index (χ1) is 12.5. The Bertz CT molecular complexity index is 909. The van der Waals surface area contributed by atoms with Crippen molar-refractivity contribution < 1.29 is 13.2 Å². The van der Waals surface area contributed by atoms with Crippen LogP contribution >= 0.6 is 0 Å². The van der Waals surface area contributed by atoms with Crippen molar-refractivity contribution in [3.05, 3.63) is 36.7 Å². The van der Waals surface area contributed by atoms with Gasteiger partial charge >= 0.3 is 6.18 Å². The molecule has 4 heterocycles. The highest BCUT2D eigenvalue weighted by atomic mass is 19.4. The zero-order valence-electron chi connectivity index (χ0n) is 13.6. The highest BCUT2D eigenvalue weighted by Crippen LogP contribution is 2.28. The fourth-order valence-corrected chi connectivity index (χ4v) is 2.96. The molecule has 0 bridgehead atoms. The number of alkyl halides is 3. The van der Waals surface area contributed by atoms with Crippen LogP contribution in [0.3, 0.4) is 0 Å². The number of anilines is 2. The molecule has 4 rings (SSSR count). The lowest BCUT2D eigenvalue weighted by Gasteiger charge is -2.23. The summed E-state index contributed by atoms with van der Waals surface area (Å²) in [6.45, 7) is 2.32. The van der Waals surface area contributed by atoms with Gasteiger partial charge in [0.15, 0.2) is 5.82 Å². The molecular formula is C15H15F3N8. The summed E-state index contributed by atoms with van der Waals surface area (Å²) in [6, 6.07) is 0.879. The Morgan fingerprint density at radius 2 is 1.77 bits per heavy atom. The lowest BCUT2D eigenvalue weighted by atomic mass is 10.3. The molecule has 11 heteroatoms. The van der Waals surface area contributed by atoms with E-state index in [9.17, 15) is 13.2 Å². The molecule has 1 aliphatic heterocycles. The minimum Gasteiger partial charge on any atom is -0.352 e. The first kappa shape index (κ1) is 16.5. The Morgan fingerprint density at radius 1 is 0.962 bits per heavy atom. The maximum atomic E-state index is 12.9. The molecule has 0 N–H and O–H groups in total. The van der Waals surface area contributed by atoms with Crippen molar-refractivity contribution in [1.29, 1.82) is 0 Å². The fourth-order valence-electron chi connectivity index (χ4n) is 2.96. The lowest BCUT2D eigenvalue weighted by molar-refractivity contribution is -0.141. The van der Waals surface area contributed by atoms with E-state index in [1.54, 1.807) is 28.0 Å². The van der Waals surface area contributed by atoms with Crippen molar-refractivity contribution in [2.75, 3.05) is 36.0 Å². The van der Waals surface area contributed by atoms with Gasteiger partial charge in [0, 0.05) is 44.8 Å². The average molecular weight is 364 g/mol. The Labute approximate surface area is 146 Å². The Balaban J connectivity index is 1.55. The topological polar surface area (TPSA) is 75.3 Å². The predicted molar refractivity (Wildman–Crippen MR) is 86.9 cm³/mol. The molecule has 0 unspecified atom stereocenters. The van der Waals surface area contributed by atoms with E-state index in [-0.39, 0.29) is 5.95 Å². The second-order valence-electron chi connectivity index (χ2n) is 5.88. The highest BCUT2D eigenvalue weighted by Gasteiger charge is 2.33. The quantitative estimate of drug-likeness (QED) is 0.684. The minimum absolute atomic E-state index is 0.0929. The summed E-state index contributed by atoms with van der Waals surface area (Å²) in [5.41, 5.74) is -0.283. The predicted octanol–water partition coefficient (Wildman–Crippen LogP) is 1.65. The van der Waals surface area contributed by atoms with Gasteiger partial charge in [-0.2, -0.15) is 13.2 Å². The van der Waals surface area contributed by atoms with E-state index in [0.29, 0.717) is 37.6 Å². The van der Waals surface area contributed by atoms with Crippen LogP contribution in [0.5, 0.6) is 0 Å². The third-order valence-corrected chi connectivity index (χ3v) is 4.21. The van der Waals surface area contributed by atoms with Crippen LogP contribution in [0.25, 0.3) is 5.65 Å². The number of aromatic nitrogens is 6. The summed E-state index contributed by atoms with van der Waals surface area (Å²) in [4.78, 5) is 15.9. The second kappa shape index (κ2) is 6.39. The molecule has 3 aromatic rings. The molecule has 0 amide bonds. The summed E-state index contributed by atoms with van der Waals surface area (Å²) < 4.78 is 40.4. The Hall–Kier alpha value is -2.98. The maximum Gasteiger partial charge on any atom is 0.433 e. The summed E-state index contributed by atoms with van der Waals surface area (Å²) in [5, 5.41) is 7.97. The van der Waals surface area contributed by atoms with Crippen LogP contribution in [-0.4, -0.2) is 55.7 Å². The number of fused-ring (bicyclic) bond motifs is 1. The Kier molecular flexibility index (Phi) is 4.05. The van der Waals surface area contributed by atoms with Gasteiger partial charge in [-0.15, -0.1) is 10.2 Å². The third kappa shape index (κ3) is 3.11. The number of hydrogen-bond donors (Lipinski definition) is 0. The number of rotatable bonds is 2. The zero-order valence-corrected chi connectivity index (χ0v) is 13.6. The van der Waals surface area contributed by atoms with Gasteiger partial charge < -0.3 is 9.80 Å². The monoisotopic (exact) mass is 364 g/mol. The van der Waals surface area contributed by atoms with Gasteiger partial charge in [0.1, 0.15) is 12.0 Å². The third-order valence-electron chi connectivity index (χ3n) is 4.21. The molecule has 0 atom stereocenters. The van der Waals surface area contributed by atoms with Gasteiger partial charge in [0.05, 0.1) is 0 Å². The molecule has 0 saturated carbocycles. The Morgan fingerprint density at radius 3 is 2.62 bits per heavy atom. The molecule has 0 aromatic carbocycles. The van der Waals surface area contributed by atoms with E-state index in [1.165, 1.54) is 0 Å². The van der Waals surface area contributed by atoms with E-state index in [4.69, 9.17) is 0 Å². The van der Waals surface area contributed by atoms with Gasteiger partial charge in [-0.3, -0.25) is 4.40 Å². The van der Waals surface area contributed by atoms with Crippen molar-refractivity contribution in [3.63, 3.8) is 0 Å². The highest BCUT2D eigenvalue weighted by molar-refractivity contribution is 5.63. The van der Waals surface area contributed by atoms with E-state index >= 15 is 0 Å². The van der Waals surface area contributed by atoms with E-state index in [0.717, 1.165) is 18.7 Å². The first-order valence-corrected chi connectivity index (χ1v) is 8.07. The lowest BCUT2D eigenvalue weighted by Crippen LogP contribution is -2.32. The number of hydrogen-bond acceptors (Lipinski definition) is 7. The van der Waals surface area contributed by atoms with E-state index in [2.05, 4.69) is 30.0 Å². The molecule has 0 spiro atoms. The van der Waals surface area contributed by atoms with Crippen LogP contribution in [0, 0.1) is 0 Å². The normalized spacial score (nSPS) is 16.1. The van der Waals surface area contributed by atoms with Crippen LogP contribution in [0.1, 0.15) is 12.1 Å². The molecule has 26 heavy (non-hydrogen) atoms. The van der Waals surface area contributed by atoms with E-state index < -0.39 is 11.9 Å². The molecular weight excluding hydrogens is 349 g/mol. The standard InChI is InChI=1S/C15H15F3N8/c16-15(17,18)11-2-3-20-14(22-11)25-6-1-5-24(8-9-25)12-13-23-21-10-26(13)7-4-19-12/h2-4,7,10H,1,5-6,8-9H2. The molecule has 3 aromatic heterocycles.